The summed E-state index contributed by atoms with van der Waals surface area (Å²) >= 11 is 0. The fraction of sp³-hybridized carbons (Fsp3) is 0. The van der Waals surface area contributed by atoms with Crippen LogP contribution in [0, 0.1) is 0 Å². The zero-order valence-corrected chi connectivity index (χ0v) is 7.50. The fourth-order valence-corrected chi connectivity index (χ4v) is 0. The molecule has 0 amide bonds. The average Bonchev–Trinajstić information content (AvgIpc) is 0. The largest absolute Gasteiger partial charge is 2.00 e. The zero-order chi connectivity index (χ0) is 0. The van der Waals surface area contributed by atoms with Crippen LogP contribution in [0.1, 0.15) is 5.71 Å². The van der Waals surface area contributed by atoms with Crippen LogP contribution in [-0.2, 0) is 22.4 Å². The molecule has 0 aliphatic rings. The molecule has 0 N–H and O–H groups in total. The molecule has 0 spiro atoms. The van der Waals surface area contributed by atoms with Crippen LogP contribution in [0.2, 0.25) is 0 Å². The SMILES string of the molecule is [AlH3].[Au].[Ca+2].[H-].[H-].[H-].[H-].[Mg+2]. The first-order chi connectivity index (χ1) is 0. The molecule has 4 heteroatoms. The maximum Gasteiger partial charge on any atom is 2.00 e. The van der Waals surface area contributed by atoms with E-state index in [-0.39, 0.29) is 106 Å². The first-order valence-electron chi connectivity index (χ1n) is 0. The Labute approximate surface area is 104 Å². The van der Waals surface area contributed by atoms with E-state index in [1.807, 2.05) is 0 Å². The quantitative estimate of drug-likeness (QED) is 0.477. The molecule has 0 aliphatic heterocycles. The third-order valence-electron chi connectivity index (χ3n) is 0. The van der Waals surface area contributed by atoms with E-state index in [1.54, 1.807) is 0 Å². The fourth-order valence-electron chi connectivity index (χ4n) is 0. The molecule has 0 aromatic rings. The smallest absolute Gasteiger partial charge is 1.00 e. The molecule has 4 heavy (non-hydrogen) atoms. The molecule has 0 nitrogen and oxygen atoms in total. The molecule has 25 valence electrons. The minimum absolute atomic E-state index is 0. The molecular formula is H7AlAuCaMg. The van der Waals surface area contributed by atoms with Crippen LogP contribution in [0.25, 0.3) is 0 Å². The average molecular weight is 295 g/mol. The van der Waals surface area contributed by atoms with Gasteiger partial charge >= 0.3 is 60.8 Å². The van der Waals surface area contributed by atoms with Crippen molar-refractivity contribution in [2.45, 2.75) is 0 Å². The third-order valence-corrected chi connectivity index (χ3v) is 0. The normalized spacial score (nSPS) is 0. The molecule has 0 unspecified atom stereocenters. The Morgan fingerprint density at radius 1 is 1.25 bits per heavy atom. The summed E-state index contributed by atoms with van der Waals surface area (Å²) in [5.74, 6) is 0. The molecule has 1 radical (unpaired) electrons. The van der Waals surface area contributed by atoms with E-state index in [4.69, 9.17) is 0 Å². The van der Waals surface area contributed by atoms with Crippen molar-refractivity contribution in [2.75, 3.05) is 0 Å². The van der Waals surface area contributed by atoms with Gasteiger partial charge in [0.05, 0.1) is 0 Å². The summed E-state index contributed by atoms with van der Waals surface area (Å²) in [4.78, 5) is 0. The number of hydrogen-bond donors (Lipinski definition) is 0. The predicted octanol–water partition coefficient (Wildman–Crippen LogP) is -1.50. The van der Waals surface area contributed by atoms with Crippen molar-refractivity contribution in [3.63, 3.8) is 0 Å². The van der Waals surface area contributed by atoms with E-state index in [9.17, 15) is 0 Å². The molecule has 0 aromatic carbocycles. The van der Waals surface area contributed by atoms with Crippen molar-refractivity contribution in [3.8, 4) is 0 Å². The van der Waals surface area contributed by atoms with Crippen molar-refractivity contribution < 1.29 is 28.1 Å². The van der Waals surface area contributed by atoms with E-state index in [0.29, 0.717) is 0 Å². The van der Waals surface area contributed by atoms with Crippen LogP contribution < -0.4 is 0 Å². The molecule has 0 bridgehead atoms. The van der Waals surface area contributed by atoms with Gasteiger partial charge in [-0.25, -0.2) is 0 Å². The van der Waals surface area contributed by atoms with Gasteiger partial charge in [0.25, 0.3) is 0 Å². The first kappa shape index (κ1) is 26.6. The van der Waals surface area contributed by atoms with Gasteiger partial charge in [-0.2, -0.15) is 0 Å². The van der Waals surface area contributed by atoms with Crippen LogP contribution in [-0.4, -0.2) is 78.2 Å². The second kappa shape index (κ2) is 16.3. The Balaban J connectivity index is 0. The van der Waals surface area contributed by atoms with Crippen molar-refractivity contribution in [1.82, 2.24) is 0 Å². The Kier molecular flexibility index (Phi) is 108. The topological polar surface area (TPSA) is 0 Å². The van der Waals surface area contributed by atoms with E-state index in [2.05, 4.69) is 0 Å². The second-order valence-electron chi connectivity index (χ2n) is 0. The zero-order valence-electron chi connectivity index (χ0n) is 5.72. The van der Waals surface area contributed by atoms with Gasteiger partial charge in [-0.1, -0.05) is 0 Å². The van der Waals surface area contributed by atoms with E-state index in [0.717, 1.165) is 0 Å². The number of hydrogen-bond acceptors (Lipinski definition) is 0. The maximum absolute atomic E-state index is 0. The number of rotatable bonds is 0. The van der Waals surface area contributed by atoms with Gasteiger partial charge in [-0.05, 0) is 0 Å². The van der Waals surface area contributed by atoms with E-state index in [1.165, 1.54) is 0 Å². The van der Waals surface area contributed by atoms with Crippen molar-refractivity contribution >= 4 is 78.2 Å². The summed E-state index contributed by atoms with van der Waals surface area (Å²) in [5, 5.41) is 0. The molecule has 0 saturated heterocycles. The van der Waals surface area contributed by atoms with Gasteiger partial charge in [-0.3, -0.25) is 0 Å². The van der Waals surface area contributed by atoms with Gasteiger partial charge in [0.15, 0.2) is 17.4 Å². The summed E-state index contributed by atoms with van der Waals surface area (Å²) in [6.07, 6.45) is 0. The van der Waals surface area contributed by atoms with Crippen LogP contribution in [0.15, 0.2) is 0 Å². The van der Waals surface area contributed by atoms with Crippen LogP contribution >= 0.6 is 0 Å². The molecule has 0 fully saturated rings. The molecule has 0 heterocycles. The Morgan fingerprint density at radius 3 is 1.25 bits per heavy atom. The van der Waals surface area contributed by atoms with Crippen LogP contribution in [0.4, 0.5) is 0 Å². The molecule has 0 aromatic heterocycles. The molecule has 0 atom stereocenters. The van der Waals surface area contributed by atoms with Gasteiger partial charge < -0.3 is 5.71 Å². The summed E-state index contributed by atoms with van der Waals surface area (Å²) < 4.78 is 0. The van der Waals surface area contributed by atoms with Crippen molar-refractivity contribution in [3.05, 3.63) is 0 Å². The van der Waals surface area contributed by atoms with Crippen molar-refractivity contribution in [2.24, 2.45) is 0 Å². The predicted molar refractivity (Wildman–Crippen MR) is 25.9 cm³/mol. The van der Waals surface area contributed by atoms with Gasteiger partial charge in [-0.15, -0.1) is 0 Å². The summed E-state index contributed by atoms with van der Waals surface area (Å²) in [5.41, 5.74) is 0. The summed E-state index contributed by atoms with van der Waals surface area (Å²) in [6.45, 7) is 0. The Morgan fingerprint density at radius 2 is 1.25 bits per heavy atom. The minimum Gasteiger partial charge on any atom is -1.00 e. The first-order valence-corrected chi connectivity index (χ1v) is 0. The molecule has 0 rings (SSSR count). The van der Waals surface area contributed by atoms with E-state index >= 15 is 0 Å². The monoisotopic (exact) mass is 295 g/mol. The van der Waals surface area contributed by atoms with Gasteiger partial charge in [0.1, 0.15) is 0 Å². The van der Waals surface area contributed by atoms with Crippen LogP contribution in [0.5, 0.6) is 0 Å². The summed E-state index contributed by atoms with van der Waals surface area (Å²) in [7, 11) is 0. The Hall–Kier alpha value is 3.30. The molecular weight excluding hydrogens is 288 g/mol. The standard InChI is InChI=1S/Al.Au.Ca.Mg.7H/q;;2*+2;;;;4*-1. The maximum atomic E-state index is 0. The van der Waals surface area contributed by atoms with Gasteiger partial charge in [0.2, 0.25) is 0 Å². The molecule has 0 saturated carbocycles. The van der Waals surface area contributed by atoms with Crippen molar-refractivity contribution in [1.29, 1.82) is 0 Å². The Bertz CT molecular complexity index is 16.0. The summed E-state index contributed by atoms with van der Waals surface area (Å²) in [6, 6.07) is 0. The van der Waals surface area contributed by atoms with E-state index < -0.39 is 0 Å². The molecule has 0 aliphatic carbocycles. The van der Waals surface area contributed by atoms with Gasteiger partial charge in [0, 0.05) is 22.4 Å². The minimum atomic E-state index is 0. The second-order valence-corrected chi connectivity index (χ2v) is 0. The third kappa shape index (κ3) is 9.00. The van der Waals surface area contributed by atoms with Crippen LogP contribution in [0.3, 0.4) is 0 Å².